The van der Waals surface area contributed by atoms with Gasteiger partial charge in [-0.1, -0.05) is 30.3 Å². The Morgan fingerprint density at radius 3 is 2.37 bits per heavy atom. The summed E-state index contributed by atoms with van der Waals surface area (Å²) in [4.78, 5) is 0. The third-order valence-electron chi connectivity index (χ3n) is 3.49. The van der Waals surface area contributed by atoms with Crippen molar-refractivity contribution < 1.29 is 8.42 Å². The van der Waals surface area contributed by atoms with E-state index < -0.39 is 15.6 Å². The molecule has 4 nitrogen and oxygen atoms in total. The van der Waals surface area contributed by atoms with Crippen molar-refractivity contribution in [1.29, 1.82) is 0 Å². The van der Waals surface area contributed by atoms with Crippen LogP contribution < -0.4 is 10.5 Å². The SMILES string of the molecule is CC(CN)(NS(=O)(=O)Cc1ccccc1)C1CC1.Cl. The molecule has 0 aliphatic heterocycles. The van der Waals surface area contributed by atoms with Crippen molar-refractivity contribution in [2.24, 2.45) is 11.7 Å². The van der Waals surface area contributed by atoms with Crippen LogP contribution in [0.4, 0.5) is 0 Å². The fourth-order valence-corrected chi connectivity index (χ4v) is 3.86. The fourth-order valence-electron chi connectivity index (χ4n) is 2.20. The van der Waals surface area contributed by atoms with Crippen LogP contribution in [0.2, 0.25) is 0 Å². The lowest BCUT2D eigenvalue weighted by Crippen LogP contribution is -2.53. The minimum atomic E-state index is -3.34. The molecule has 1 unspecified atom stereocenters. The molecule has 1 fully saturated rings. The van der Waals surface area contributed by atoms with Crippen molar-refractivity contribution in [3.63, 3.8) is 0 Å². The lowest BCUT2D eigenvalue weighted by atomic mass is 9.98. The van der Waals surface area contributed by atoms with Gasteiger partial charge in [-0.3, -0.25) is 0 Å². The molecule has 1 aliphatic carbocycles. The van der Waals surface area contributed by atoms with Crippen molar-refractivity contribution in [2.45, 2.75) is 31.1 Å². The molecule has 6 heteroatoms. The van der Waals surface area contributed by atoms with Crippen molar-refractivity contribution >= 4 is 22.4 Å². The molecule has 0 spiro atoms. The van der Waals surface area contributed by atoms with Crippen LogP contribution >= 0.6 is 12.4 Å². The Morgan fingerprint density at radius 1 is 1.32 bits per heavy atom. The van der Waals surface area contributed by atoms with E-state index >= 15 is 0 Å². The molecule has 0 amide bonds. The van der Waals surface area contributed by atoms with Gasteiger partial charge in [0.15, 0.2) is 0 Å². The molecule has 1 aromatic rings. The van der Waals surface area contributed by atoms with Crippen LogP contribution in [-0.2, 0) is 15.8 Å². The van der Waals surface area contributed by atoms with Crippen LogP contribution in [-0.4, -0.2) is 20.5 Å². The lowest BCUT2D eigenvalue weighted by Gasteiger charge is -2.29. The smallest absolute Gasteiger partial charge is 0.216 e. The van der Waals surface area contributed by atoms with E-state index in [1.54, 1.807) is 0 Å². The van der Waals surface area contributed by atoms with E-state index in [0.717, 1.165) is 18.4 Å². The Kier molecular flexibility index (Phi) is 5.38. The summed E-state index contributed by atoms with van der Waals surface area (Å²) < 4.78 is 27.1. The third kappa shape index (κ3) is 4.45. The van der Waals surface area contributed by atoms with E-state index in [1.807, 2.05) is 37.3 Å². The summed E-state index contributed by atoms with van der Waals surface area (Å²) in [6.45, 7) is 2.24. The van der Waals surface area contributed by atoms with E-state index in [9.17, 15) is 8.42 Å². The third-order valence-corrected chi connectivity index (χ3v) is 4.98. The Balaban J connectivity index is 0.00000180. The average Bonchev–Trinajstić information content (AvgIpc) is 3.13. The maximum absolute atomic E-state index is 12.1. The summed E-state index contributed by atoms with van der Waals surface area (Å²) in [5.41, 5.74) is 6.02. The van der Waals surface area contributed by atoms with Gasteiger partial charge in [-0.05, 0) is 31.2 Å². The summed E-state index contributed by atoms with van der Waals surface area (Å²) in [5.74, 6) is 0.393. The Bertz CT molecular complexity index is 503. The summed E-state index contributed by atoms with van der Waals surface area (Å²) in [6.07, 6.45) is 2.11. The first kappa shape index (κ1) is 16.4. The van der Waals surface area contributed by atoms with E-state index in [0.29, 0.717) is 12.5 Å². The van der Waals surface area contributed by atoms with E-state index in [2.05, 4.69) is 4.72 Å². The molecule has 1 aromatic carbocycles. The number of benzene rings is 1. The summed E-state index contributed by atoms with van der Waals surface area (Å²) in [7, 11) is -3.34. The second-order valence-electron chi connectivity index (χ2n) is 5.24. The van der Waals surface area contributed by atoms with Gasteiger partial charge in [0.2, 0.25) is 10.0 Å². The van der Waals surface area contributed by atoms with Gasteiger partial charge in [0, 0.05) is 12.1 Å². The standard InChI is InChI=1S/C13H20N2O2S.ClH/c1-13(10-14,12-7-8-12)15-18(16,17)9-11-5-3-2-4-6-11;/h2-6,12,15H,7-10,14H2,1H3;1H. The molecule has 0 radical (unpaired) electrons. The number of nitrogens with two attached hydrogens (primary N) is 1. The number of nitrogens with one attached hydrogen (secondary N) is 1. The van der Waals surface area contributed by atoms with Gasteiger partial charge in [-0.2, -0.15) is 0 Å². The van der Waals surface area contributed by atoms with Gasteiger partial charge in [-0.15, -0.1) is 12.4 Å². The first-order valence-electron chi connectivity index (χ1n) is 6.21. The highest BCUT2D eigenvalue weighted by Gasteiger charge is 2.42. The lowest BCUT2D eigenvalue weighted by molar-refractivity contribution is 0.374. The monoisotopic (exact) mass is 304 g/mol. The van der Waals surface area contributed by atoms with Gasteiger partial charge in [-0.25, -0.2) is 13.1 Å². The highest BCUT2D eigenvalue weighted by molar-refractivity contribution is 7.88. The highest BCUT2D eigenvalue weighted by atomic mass is 35.5. The zero-order valence-corrected chi connectivity index (χ0v) is 12.6. The van der Waals surface area contributed by atoms with E-state index in [-0.39, 0.29) is 18.2 Å². The van der Waals surface area contributed by atoms with E-state index in [4.69, 9.17) is 5.73 Å². The van der Waals surface area contributed by atoms with Crippen molar-refractivity contribution in [2.75, 3.05) is 6.54 Å². The van der Waals surface area contributed by atoms with Crippen molar-refractivity contribution in [3.05, 3.63) is 35.9 Å². The second kappa shape index (κ2) is 6.22. The quantitative estimate of drug-likeness (QED) is 0.839. The molecule has 1 atom stereocenters. The average molecular weight is 305 g/mol. The van der Waals surface area contributed by atoms with E-state index in [1.165, 1.54) is 0 Å². The van der Waals surface area contributed by atoms with Gasteiger partial charge < -0.3 is 5.73 Å². The number of hydrogen-bond acceptors (Lipinski definition) is 3. The first-order valence-corrected chi connectivity index (χ1v) is 7.86. The van der Waals surface area contributed by atoms with Crippen LogP contribution in [0.25, 0.3) is 0 Å². The molecule has 2 rings (SSSR count). The number of hydrogen-bond donors (Lipinski definition) is 2. The molecule has 0 heterocycles. The molecule has 0 aromatic heterocycles. The number of rotatable bonds is 6. The fraction of sp³-hybridized carbons (Fsp3) is 0.538. The Labute approximate surface area is 121 Å². The topological polar surface area (TPSA) is 72.2 Å². The Morgan fingerprint density at radius 2 is 1.89 bits per heavy atom. The van der Waals surface area contributed by atoms with Crippen LogP contribution in [0.15, 0.2) is 30.3 Å². The maximum Gasteiger partial charge on any atom is 0.216 e. The first-order chi connectivity index (χ1) is 8.45. The minimum absolute atomic E-state index is 0. The zero-order valence-electron chi connectivity index (χ0n) is 11.0. The van der Waals surface area contributed by atoms with Crippen molar-refractivity contribution in [3.8, 4) is 0 Å². The highest BCUT2D eigenvalue weighted by Crippen LogP contribution is 2.39. The molecule has 0 saturated heterocycles. The van der Waals surface area contributed by atoms with Gasteiger partial charge in [0.1, 0.15) is 0 Å². The molecule has 19 heavy (non-hydrogen) atoms. The normalized spacial score (nSPS) is 18.4. The summed E-state index contributed by atoms with van der Waals surface area (Å²) in [5, 5.41) is 0. The van der Waals surface area contributed by atoms with Crippen LogP contribution in [0.1, 0.15) is 25.3 Å². The van der Waals surface area contributed by atoms with Gasteiger partial charge in [0.05, 0.1) is 5.75 Å². The summed E-state index contributed by atoms with van der Waals surface area (Å²) >= 11 is 0. The minimum Gasteiger partial charge on any atom is -0.329 e. The summed E-state index contributed by atoms with van der Waals surface area (Å²) in [6, 6.07) is 9.19. The zero-order chi connectivity index (χ0) is 13.2. The predicted molar refractivity (Wildman–Crippen MR) is 79.6 cm³/mol. The van der Waals surface area contributed by atoms with Crippen LogP contribution in [0.3, 0.4) is 0 Å². The molecule has 1 saturated carbocycles. The number of sulfonamides is 1. The predicted octanol–water partition coefficient (Wildman–Crippen LogP) is 1.66. The van der Waals surface area contributed by atoms with Gasteiger partial charge >= 0.3 is 0 Å². The molecular formula is C13H21ClN2O2S. The van der Waals surface area contributed by atoms with Gasteiger partial charge in [0.25, 0.3) is 0 Å². The van der Waals surface area contributed by atoms with Crippen LogP contribution in [0.5, 0.6) is 0 Å². The van der Waals surface area contributed by atoms with Crippen molar-refractivity contribution in [1.82, 2.24) is 4.72 Å². The van der Waals surface area contributed by atoms with Crippen LogP contribution in [0, 0.1) is 5.92 Å². The molecule has 1 aliphatic rings. The second-order valence-corrected chi connectivity index (χ2v) is 6.96. The number of halogens is 1. The molecule has 3 N–H and O–H groups in total. The Hall–Kier alpha value is -0.620. The molecule has 108 valence electrons. The molecule has 0 bridgehead atoms. The largest absolute Gasteiger partial charge is 0.329 e. The molecular weight excluding hydrogens is 284 g/mol. The maximum atomic E-state index is 12.1.